The zero-order valence-corrected chi connectivity index (χ0v) is 19.6. The van der Waals surface area contributed by atoms with Crippen LogP contribution in [0.4, 0.5) is 30.7 Å². The van der Waals surface area contributed by atoms with E-state index in [9.17, 15) is 30.7 Å². The van der Waals surface area contributed by atoms with Crippen molar-refractivity contribution < 1.29 is 35.2 Å². The number of benzene rings is 2. The van der Waals surface area contributed by atoms with Gasteiger partial charge in [0.25, 0.3) is 0 Å². The van der Waals surface area contributed by atoms with Crippen LogP contribution < -0.4 is 0 Å². The van der Waals surface area contributed by atoms with E-state index in [1.165, 1.54) is 0 Å². The van der Waals surface area contributed by atoms with E-state index in [1.54, 1.807) is 6.92 Å². The fourth-order valence-corrected chi connectivity index (χ4v) is 3.58. The molecule has 0 aliphatic rings. The SMILES string of the molecule is Cc1oc(C(C)(C)C)nc1-c1nc2c(C(F)(F)F)cc(-c3c(F)cccc3C(F)(F)F)cc2[nH]1.Cl. The molecule has 0 aliphatic heterocycles. The lowest BCUT2D eigenvalue weighted by Crippen LogP contribution is -2.11. The number of alkyl halides is 6. The van der Waals surface area contributed by atoms with Crippen LogP contribution >= 0.6 is 12.4 Å². The molecule has 0 spiro atoms. The Balaban J connectivity index is 0.00000342. The van der Waals surface area contributed by atoms with E-state index in [0.29, 0.717) is 23.8 Å². The molecule has 4 rings (SSSR count). The highest BCUT2D eigenvalue weighted by molar-refractivity contribution is 5.88. The van der Waals surface area contributed by atoms with Crippen LogP contribution in [0.5, 0.6) is 0 Å². The second kappa shape index (κ2) is 8.54. The summed E-state index contributed by atoms with van der Waals surface area (Å²) in [5.41, 5.74) is -5.35. The van der Waals surface area contributed by atoms with E-state index in [1.807, 2.05) is 20.8 Å². The van der Waals surface area contributed by atoms with Gasteiger partial charge >= 0.3 is 12.4 Å². The molecule has 0 unspecified atom stereocenters. The predicted octanol–water partition coefficient (Wildman–Crippen LogP) is 8.09. The topological polar surface area (TPSA) is 54.7 Å². The van der Waals surface area contributed by atoms with Gasteiger partial charge in [0.05, 0.1) is 16.6 Å². The highest BCUT2D eigenvalue weighted by atomic mass is 35.5. The quantitative estimate of drug-likeness (QED) is 0.271. The largest absolute Gasteiger partial charge is 0.445 e. The first kappa shape index (κ1) is 26.5. The molecule has 0 aliphatic carbocycles. The Hall–Kier alpha value is -3.08. The summed E-state index contributed by atoms with van der Waals surface area (Å²) in [6.07, 6.45) is -9.95. The van der Waals surface area contributed by atoms with Crippen LogP contribution in [0.3, 0.4) is 0 Å². The van der Waals surface area contributed by atoms with Crippen molar-refractivity contribution >= 4 is 23.4 Å². The standard InChI is InChI=1S/C23H18F7N3O.ClH/c1-10-17(33-20(34-10)21(2,3)4)19-31-15-9-11(8-13(18(15)32-19)23(28,29)30)16-12(22(25,26)27)6-5-7-14(16)24;/h5-9H,1-4H3,(H,31,32);1H. The van der Waals surface area contributed by atoms with Gasteiger partial charge in [-0.05, 0) is 36.8 Å². The van der Waals surface area contributed by atoms with E-state index >= 15 is 0 Å². The van der Waals surface area contributed by atoms with Gasteiger partial charge in [-0.3, -0.25) is 0 Å². The van der Waals surface area contributed by atoms with Crippen LogP contribution in [0.1, 0.15) is 43.5 Å². The third-order valence-corrected chi connectivity index (χ3v) is 5.16. The first-order valence-electron chi connectivity index (χ1n) is 10.0. The second-order valence-corrected chi connectivity index (χ2v) is 8.84. The van der Waals surface area contributed by atoms with Crippen molar-refractivity contribution in [3.05, 3.63) is 58.9 Å². The van der Waals surface area contributed by atoms with Gasteiger partial charge in [-0.25, -0.2) is 14.4 Å². The average Bonchev–Trinajstić information content (AvgIpc) is 3.28. The first-order chi connectivity index (χ1) is 15.6. The molecule has 0 atom stereocenters. The van der Waals surface area contributed by atoms with Crippen LogP contribution in [0.25, 0.3) is 33.7 Å². The fourth-order valence-electron chi connectivity index (χ4n) is 3.58. The molecule has 0 bridgehead atoms. The molecular formula is C23H19ClF7N3O. The Kier molecular flexibility index (Phi) is 6.47. The third kappa shape index (κ3) is 4.86. The van der Waals surface area contributed by atoms with Crippen molar-refractivity contribution in [3.8, 4) is 22.6 Å². The van der Waals surface area contributed by atoms with Crippen molar-refractivity contribution in [2.24, 2.45) is 0 Å². The maximum Gasteiger partial charge on any atom is 0.418 e. The van der Waals surface area contributed by atoms with Crippen LogP contribution in [-0.4, -0.2) is 15.0 Å². The number of nitrogens with one attached hydrogen (secondary N) is 1. The number of fused-ring (bicyclic) bond motifs is 1. The Morgan fingerprint density at radius 1 is 0.886 bits per heavy atom. The summed E-state index contributed by atoms with van der Waals surface area (Å²) in [6.45, 7) is 7.07. The molecule has 2 heterocycles. The van der Waals surface area contributed by atoms with Gasteiger partial charge < -0.3 is 9.40 Å². The lowest BCUT2D eigenvalue weighted by atomic mass is 9.96. The summed E-state index contributed by atoms with van der Waals surface area (Å²) >= 11 is 0. The Morgan fingerprint density at radius 3 is 2.06 bits per heavy atom. The number of aromatic amines is 1. The van der Waals surface area contributed by atoms with E-state index in [4.69, 9.17) is 4.42 Å². The van der Waals surface area contributed by atoms with Crippen molar-refractivity contribution in [1.29, 1.82) is 0 Å². The number of H-pyrrole nitrogens is 1. The molecule has 0 fully saturated rings. The molecule has 188 valence electrons. The van der Waals surface area contributed by atoms with Gasteiger partial charge in [0.1, 0.15) is 22.8 Å². The predicted molar refractivity (Wildman–Crippen MR) is 118 cm³/mol. The smallest absolute Gasteiger partial charge is 0.418 e. The molecule has 2 aromatic heterocycles. The summed E-state index contributed by atoms with van der Waals surface area (Å²) < 4.78 is 102. The summed E-state index contributed by atoms with van der Waals surface area (Å²) in [4.78, 5) is 11.0. The Labute approximate surface area is 201 Å². The summed E-state index contributed by atoms with van der Waals surface area (Å²) in [5.74, 6) is -0.729. The number of imidazole rings is 1. The normalized spacial score (nSPS) is 12.8. The molecule has 1 N–H and O–H groups in total. The molecule has 4 nitrogen and oxygen atoms in total. The minimum Gasteiger partial charge on any atom is -0.445 e. The van der Waals surface area contributed by atoms with Crippen molar-refractivity contribution in [1.82, 2.24) is 15.0 Å². The Morgan fingerprint density at radius 2 is 1.51 bits per heavy atom. The zero-order valence-electron chi connectivity index (χ0n) is 18.7. The van der Waals surface area contributed by atoms with Crippen molar-refractivity contribution in [2.45, 2.75) is 45.5 Å². The maximum absolute atomic E-state index is 14.5. The van der Waals surface area contributed by atoms with Gasteiger partial charge in [-0.1, -0.05) is 26.8 Å². The van der Waals surface area contributed by atoms with Crippen LogP contribution in [-0.2, 0) is 17.8 Å². The van der Waals surface area contributed by atoms with Gasteiger partial charge in [0.2, 0.25) is 0 Å². The molecule has 2 aromatic carbocycles. The highest BCUT2D eigenvalue weighted by Crippen LogP contribution is 2.43. The van der Waals surface area contributed by atoms with E-state index in [0.717, 1.165) is 18.2 Å². The van der Waals surface area contributed by atoms with Gasteiger partial charge in [-0.15, -0.1) is 12.4 Å². The number of nitrogens with zero attached hydrogens (tertiary/aromatic N) is 2. The number of oxazole rings is 1. The van der Waals surface area contributed by atoms with E-state index < -0.39 is 51.4 Å². The van der Waals surface area contributed by atoms with E-state index in [-0.39, 0.29) is 29.4 Å². The number of aromatic nitrogens is 3. The van der Waals surface area contributed by atoms with Gasteiger partial charge in [0.15, 0.2) is 11.7 Å². The Bertz CT molecular complexity index is 1400. The number of hydrogen-bond acceptors (Lipinski definition) is 3. The van der Waals surface area contributed by atoms with E-state index in [2.05, 4.69) is 15.0 Å². The molecule has 0 saturated heterocycles. The van der Waals surface area contributed by atoms with Crippen LogP contribution in [0, 0.1) is 12.7 Å². The van der Waals surface area contributed by atoms with Crippen molar-refractivity contribution in [2.75, 3.05) is 0 Å². The third-order valence-electron chi connectivity index (χ3n) is 5.16. The number of rotatable bonds is 2. The number of halogens is 8. The molecule has 4 aromatic rings. The minimum atomic E-state index is -4.98. The highest BCUT2D eigenvalue weighted by Gasteiger charge is 2.38. The summed E-state index contributed by atoms with van der Waals surface area (Å²) in [6, 6.07) is 3.69. The summed E-state index contributed by atoms with van der Waals surface area (Å²) in [7, 11) is 0. The fraction of sp³-hybridized carbons (Fsp3) is 0.304. The van der Waals surface area contributed by atoms with Crippen LogP contribution in [0.2, 0.25) is 0 Å². The van der Waals surface area contributed by atoms with Crippen LogP contribution in [0.15, 0.2) is 34.7 Å². The summed E-state index contributed by atoms with van der Waals surface area (Å²) in [5, 5.41) is 0. The lowest BCUT2D eigenvalue weighted by molar-refractivity contribution is -0.137. The lowest BCUT2D eigenvalue weighted by Gasteiger charge is -2.15. The molecular weight excluding hydrogens is 503 g/mol. The second-order valence-electron chi connectivity index (χ2n) is 8.84. The van der Waals surface area contributed by atoms with Gasteiger partial charge in [0, 0.05) is 11.0 Å². The number of aryl methyl sites for hydroxylation is 1. The molecule has 0 amide bonds. The zero-order chi connectivity index (χ0) is 25.2. The molecule has 12 heteroatoms. The van der Waals surface area contributed by atoms with Crippen molar-refractivity contribution in [3.63, 3.8) is 0 Å². The maximum atomic E-state index is 14.5. The minimum absolute atomic E-state index is 0. The monoisotopic (exact) mass is 521 g/mol. The van der Waals surface area contributed by atoms with Gasteiger partial charge in [-0.2, -0.15) is 26.3 Å². The molecule has 0 saturated carbocycles. The number of hydrogen-bond donors (Lipinski definition) is 1. The molecule has 35 heavy (non-hydrogen) atoms. The average molecular weight is 522 g/mol. The molecule has 0 radical (unpaired) electrons. The first-order valence-corrected chi connectivity index (χ1v) is 10.0.